The molecule has 2 atom stereocenters. The molecule has 4 rings (SSSR count). The van der Waals surface area contributed by atoms with Gasteiger partial charge in [-0.15, -0.1) is 0 Å². The molecule has 0 bridgehead atoms. The molecule has 2 amide bonds. The zero-order chi connectivity index (χ0) is 20.7. The molecular weight excluding hydrogens is 376 g/mol. The highest BCUT2D eigenvalue weighted by Crippen LogP contribution is 2.37. The summed E-state index contributed by atoms with van der Waals surface area (Å²) in [6, 6.07) is 9.38. The number of carbonyl (C=O) groups is 2. The van der Waals surface area contributed by atoms with E-state index in [1.807, 2.05) is 24.3 Å². The minimum atomic E-state index is -0.896. The lowest BCUT2D eigenvalue weighted by molar-refractivity contribution is -0.135. The SMILES string of the molecule is CN1C(=O)CN(C(=O)C[C@H](N)[C@H]2CCc3cc(F)c(F)cc32)Cc2ccccc21. The van der Waals surface area contributed by atoms with E-state index in [1.165, 1.54) is 17.0 Å². The standard InChI is InChI=1S/C22H23F2N3O2/c1-26-20-5-3-2-4-14(20)11-27(12-22(26)29)21(28)10-19(25)15-7-6-13-8-17(23)18(24)9-16(13)15/h2-5,8-9,15,19H,6-7,10-12,25H2,1H3/t15-,19-/m0/s1. The van der Waals surface area contributed by atoms with Crippen molar-refractivity contribution in [2.45, 2.75) is 37.8 Å². The molecule has 1 heterocycles. The molecule has 2 N–H and O–H groups in total. The van der Waals surface area contributed by atoms with Crippen molar-refractivity contribution in [3.8, 4) is 0 Å². The van der Waals surface area contributed by atoms with Crippen molar-refractivity contribution in [2.24, 2.45) is 5.73 Å². The summed E-state index contributed by atoms with van der Waals surface area (Å²) in [4.78, 5) is 28.5. The second kappa shape index (κ2) is 7.55. The van der Waals surface area contributed by atoms with Crippen LogP contribution in [-0.2, 0) is 22.6 Å². The summed E-state index contributed by atoms with van der Waals surface area (Å²) in [6.07, 6.45) is 1.30. The fourth-order valence-corrected chi connectivity index (χ4v) is 4.36. The Kier molecular flexibility index (Phi) is 5.08. The van der Waals surface area contributed by atoms with E-state index in [2.05, 4.69) is 0 Å². The van der Waals surface area contributed by atoms with Crippen LogP contribution < -0.4 is 10.6 Å². The van der Waals surface area contributed by atoms with Crippen LogP contribution in [-0.4, -0.2) is 36.3 Å². The fourth-order valence-electron chi connectivity index (χ4n) is 4.36. The van der Waals surface area contributed by atoms with Crippen LogP contribution in [0.4, 0.5) is 14.5 Å². The topological polar surface area (TPSA) is 66.6 Å². The van der Waals surface area contributed by atoms with Gasteiger partial charge in [0.05, 0.1) is 0 Å². The first-order valence-electron chi connectivity index (χ1n) is 9.70. The van der Waals surface area contributed by atoms with Crippen LogP contribution in [0.5, 0.6) is 0 Å². The number of nitrogens with zero attached hydrogens (tertiary/aromatic N) is 2. The maximum absolute atomic E-state index is 13.7. The first-order valence-corrected chi connectivity index (χ1v) is 9.70. The molecule has 0 spiro atoms. The zero-order valence-electron chi connectivity index (χ0n) is 16.2. The molecule has 152 valence electrons. The Hall–Kier alpha value is -2.80. The van der Waals surface area contributed by atoms with Gasteiger partial charge in [-0.25, -0.2) is 8.78 Å². The Morgan fingerprint density at radius 2 is 1.90 bits per heavy atom. The molecule has 2 aromatic carbocycles. The molecule has 5 nitrogen and oxygen atoms in total. The monoisotopic (exact) mass is 399 g/mol. The minimum absolute atomic E-state index is 0.0160. The van der Waals surface area contributed by atoms with Gasteiger partial charge in [0.1, 0.15) is 6.54 Å². The number of carbonyl (C=O) groups excluding carboxylic acids is 2. The summed E-state index contributed by atoms with van der Waals surface area (Å²) in [5, 5.41) is 0. The molecule has 0 saturated carbocycles. The Bertz CT molecular complexity index is 979. The van der Waals surface area contributed by atoms with Gasteiger partial charge in [-0.05, 0) is 47.7 Å². The molecule has 29 heavy (non-hydrogen) atoms. The number of amides is 2. The van der Waals surface area contributed by atoms with Crippen LogP contribution in [0.1, 0.15) is 35.4 Å². The van der Waals surface area contributed by atoms with Gasteiger partial charge in [0.15, 0.2) is 11.6 Å². The van der Waals surface area contributed by atoms with E-state index in [4.69, 9.17) is 5.73 Å². The Labute approximate surface area is 168 Å². The number of anilines is 1. The van der Waals surface area contributed by atoms with E-state index < -0.39 is 17.7 Å². The summed E-state index contributed by atoms with van der Waals surface area (Å²) < 4.78 is 27.2. The van der Waals surface area contributed by atoms with Crippen molar-refractivity contribution in [3.05, 3.63) is 64.7 Å². The Morgan fingerprint density at radius 3 is 2.69 bits per heavy atom. The normalized spacial score (nSPS) is 19.6. The van der Waals surface area contributed by atoms with Gasteiger partial charge in [-0.1, -0.05) is 18.2 Å². The first-order chi connectivity index (χ1) is 13.8. The van der Waals surface area contributed by atoms with Crippen LogP contribution >= 0.6 is 0 Å². The predicted octanol–water partition coefficient (Wildman–Crippen LogP) is 2.72. The summed E-state index contributed by atoms with van der Waals surface area (Å²) >= 11 is 0. The molecule has 2 aromatic rings. The van der Waals surface area contributed by atoms with E-state index in [-0.39, 0.29) is 30.7 Å². The van der Waals surface area contributed by atoms with Crippen molar-refractivity contribution in [2.75, 3.05) is 18.5 Å². The Balaban J connectivity index is 1.50. The third-order valence-electron chi connectivity index (χ3n) is 6.00. The summed E-state index contributed by atoms with van der Waals surface area (Å²) in [6.45, 7) is 0.316. The average Bonchev–Trinajstić information content (AvgIpc) is 3.04. The number of hydrogen-bond acceptors (Lipinski definition) is 3. The van der Waals surface area contributed by atoms with Crippen molar-refractivity contribution >= 4 is 17.5 Å². The molecule has 0 aromatic heterocycles. The van der Waals surface area contributed by atoms with Gasteiger partial charge in [-0.3, -0.25) is 9.59 Å². The molecule has 0 radical (unpaired) electrons. The maximum atomic E-state index is 13.7. The summed E-state index contributed by atoms with van der Waals surface area (Å²) in [5.74, 6) is -2.35. The van der Waals surface area contributed by atoms with Crippen LogP contribution in [0.25, 0.3) is 0 Å². The third kappa shape index (κ3) is 3.62. The van der Waals surface area contributed by atoms with Gasteiger partial charge in [0.25, 0.3) is 0 Å². The molecule has 0 unspecified atom stereocenters. The zero-order valence-corrected chi connectivity index (χ0v) is 16.2. The van der Waals surface area contributed by atoms with E-state index in [0.29, 0.717) is 24.9 Å². The molecule has 0 fully saturated rings. The van der Waals surface area contributed by atoms with Gasteiger partial charge in [0, 0.05) is 37.7 Å². The minimum Gasteiger partial charge on any atom is -0.329 e. The predicted molar refractivity (Wildman–Crippen MR) is 105 cm³/mol. The lowest BCUT2D eigenvalue weighted by Gasteiger charge is -2.25. The van der Waals surface area contributed by atoms with Crippen molar-refractivity contribution in [1.82, 2.24) is 4.90 Å². The number of benzene rings is 2. The highest BCUT2D eigenvalue weighted by Gasteiger charge is 2.33. The summed E-state index contributed by atoms with van der Waals surface area (Å²) in [7, 11) is 1.70. The number of para-hydroxylation sites is 1. The number of halogens is 2. The van der Waals surface area contributed by atoms with Gasteiger partial charge < -0.3 is 15.5 Å². The highest BCUT2D eigenvalue weighted by atomic mass is 19.2. The van der Waals surface area contributed by atoms with Crippen molar-refractivity contribution < 1.29 is 18.4 Å². The van der Waals surface area contributed by atoms with E-state index in [0.717, 1.165) is 16.8 Å². The Morgan fingerprint density at radius 1 is 1.17 bits per heavy atom. The van der Waals surface area contributed by atoms with Crippen LogP contribution in [0.15, 0.2) is 36.4 Å². The lowest BCUT2D eigenvalue weighted by atomic mass is 9.91. The molecule has 1 aliphatic carbocycles. The van der Waals surface area contributed by atoms with Gasteiger partial charge in [0.2, 0.25) is 11.8 Å². The first kappa shape index (κ1) is 19.5. The second-order valence-electron chi connectivity index (χ2n) is 7.81. The van der Waals surface area contributed by atoms with Crippen molar-refractivity contribution in [3.63, 3.8) is 0 Å². The summed E-state index contributed by atoms with van der Waals surface area (Å²) in [5.41, 5.74) is 9.44. The number of aryl methyl sites for hydroxylation is 1. The fraction of sp³-hybridized carbons (Fsp3) is 0.364. The molecule has 7 heteroatoms. The van der Waals surface area contributed by atoms with Crippen molar-refractivity contribution in [1.29, 1.82) is 0 Å². The number of hydrogen-bond donors (Lipinski definition) is 1. The van der Waals surface area contributed by atoms with E-state index in [9.17, 15) is 18.4 Å². The van der Waals surface area contributed by atoms with Crippen LogP contribution in [0.3, 0.4) is 0 Å². The van der Waals surface area contributed by atoms with Crippen LogP contribution in [0.2, 0.25) is 0 Å². The maximum Gasteiger partial charge on any atom is 0.246 e. The molecule has 0 saturated heterocycles. The van der Waals surface area contributed by atoms with E-state index in [1.54, 1.807) is 11.9 Å². The van der Waals surface area contributed by atoms with Crippen LogP contribution in [0, 0.1) is 11.6 Å². The van der Waals surface area contributed by atoms with Gasteiger partial charge in [-0.2, -0.15) is 0 Å². The average molecular weight is 399 g/mol. The lowest BCUT2D eigenvalue weighted by Crippen LogP contribution is -2.41. The second-order valence-corrected chi connectivity index (χ2v) is 7.81. The number of rotatable bonds is 3. The number of likely N-dealkylation sites (N-methyl/N-ethyl adjacent to an activating group) is 1. The smallest absolute Gasteiger partial charge is 0.246 e. The quantitative estimate of drug-likeness (QED) is 0.863. The van der Waals surface area contributed by atoms with E-state index >= 15 is 0 Å². The highest BCUT2D eigenvalue weighted by molar-refractivity contribution is 5.98. The number of fused-ring (bicyclic) bond motifs is 2. The number of nitrogens with two attached hydrogens (primary N) is 1. The third-order valence-corrected chi connectivity index (χ3v) is 6.00. The molecule has 1 aliphatic heterocycles. The molecular formula is C22H23F2N3O2. The largest absolute Gasteiger partial charge is 0.329 e. The van der Waals surface area contributed by atoms with Gasteiger partial charge >= 0.3 is 0 Å². The molecule has 2 aliphatic rings.